The second kappa shape index (κ2) is 15.9. The van der Waals surface area contributed by atoms with Crippen LogP contribution in [-0.4, -0.2) is 148 Å². The molecule has 4 aromatic carbocycles. The molecule has 0 fully saturated rings. The maximum absolute atomic E-state index is 12.4. The van der Waals surface area contributed by atoms with Crippen molar-refractivity contribution in [3.63, 3.8) is 0 Å². The van der Waals surface area contributed by atoms with E-state index in [1.165, 1.54) is 24.3 Å². The third-order valence-electron chi connectivity index (χ3n) is 5.92. The summed E-state index contributed by atoms with van der Waals surface area (Å²) in [7, 11) is -14.7. The molecule has 24 heteroatoms. The van der Waals surface area contributed by atoms with Crippen LogP contribution in [0.4, 0.5) is 23.0 Å². The zero-order chi connectivity index (χ0) is 32.2. The van der Waals surface area contributed by atoms with Crippen LogP contribution in [0.3, 0.4) is 0 Å². The molecule has 5 aromatic rings. The molecule has 0 aliphatic rings. The number of hydrogen-bond acceptors (Lipinski definition) is 13. The Morgan fingerprint density at radius 1 is 0.681 bits per heavy atom. The fraction of sp³-hybridized carbons (Fsp3) is 0. The molecule has 231 valence electrons. The number of halogens is 2. The number of aromatic hydroxyl groups is 1. The molecule has 0 aliphatic heterocycles. The van der Waals surface area contributed by atoms with Gasteiger partial charge in [0.1, 0.15) is 15.5 Å². The zero-order valence-electron chi connectivity index (χ0n) is 24.2. The summed E-state index contributed by atoms with van der Waals surface area (Å²) in [5.41, 5.74) is -1.19. The number of nitrogens with zero attached hydrogens (tertiary/aromatic N) is 5. The van der Waals surface area contributed by atoms with Crippen molar-refractivity contribution in [3.8, 4) is 5.75 Å². The molecule has 1 heterocycles. The fourth-order valence-electron chi connectivity index (χ4n) is 4.17. The predicted molar refractivity (Wildman–Crippen MR) is 174 cm³/mol. The summed E-state index contributed by atoms with van der Waals surface area (Å²) in [6, 6.07) is 10.4. The summed E-state index contributed by atoms with van der Waals surface area (Å²) in [5, 5.41) is 20.4. The number of phenols is 1. The molecule has 0 amide bonds. The molecule has 0 saturated heterocycles. The maximum atomic E-state index is 12.4. The molecule has 0 bridgehead atoms. The predicted octanol–water partition coefficient (Wildman–Crippen LogP) is 3.95. The van der Waals surface area contributed by atoms with Crippen molar-refractivity contribution in [2.45, 2.75) is 14.7 Å². The second-order valence-corrected chi connectivity index (χ2v) is 13.6. The number of fused-ring (bicyclic) bond motifs is 2. The van der Waals surface area contributed by atoms with Gasteiger partial charge >= 0.3 is 0 Å². The van der Waals surface area contributed by atoms with Gasteiger partial charge in [0, 0.05) is 105 Å². The summed E-state index contributed by atoms with van der Waals surface area (Å²) in [4.78, 5) is 8.91. The topological polar surface area (TPSA) is 259 Å². The van der Waals surface area contributed by atoms with Crippen LogP contribution in [0.25, 0.3) is 21.5 Å². The number of rotatable bonds is 7. The van der Waals surface area contributed by atoms with Gasteiger partial charge in [0.05, 0.1) is 16.3 Å². The Balaban J connectivity index is 0.00000256. The SMILES string of the molecule is O=S(=O)(O)c1cc(Nc2nc(Cl)nc(Cl)n2)c2c(O)c(N=Nc3ccc(S(=O)(=O)O)c4ccccc34)c(S(=O)(=O)O)cc2c1.[Na].[Na].[Na]. The van der Waals surface area contributed by atoms with E-state index in [0.29, 0.717) is 0 Å². The zero-order valence-corrected chi connectivity index (χ0v) is 34.1. The first-order valence-corrected chi connectivity index (χ1v) is 16.5. The molecule has 47 heavy (non-hydrogen) atoms. The number of phenolic OH excluding ortho intramolecular Hbond substituents is 1. The van der Waals surface area contributed by atoms with Crippen molar-refractivity contribution in [2.75, 3.05) is 5.32 Å². The van der Waals surface area contributed by atoms with E-state index in [4.69, 9.17) is 23.2 Å². The first-order valence-electron chi connectivity index (χ1n) is 11.5. The quantitative estimate of drug-likeness (QED) is 0.0892. The molecular formula is C23H14Cl2N6Na3O10S3. The summed E-state index contributed by atoms with van der Waals surface area (Å²) < 4.78 is 102. The van der Waals surface area contributed by atoms with Gasteiger partial charge in [0.2, 0.25) is 16.5 Å². The molecule has 0 saturated carbocycles. The number of azo groups is 1. The summed E-state index contributed by atoms with van der Waals surface area (Å²) >= 11 is 11.6. The van der Waals surface area contributed by atoms with E-state index in [0.717, 1.165) is 30.3 Å². The minimum absolute atomic E-state index is 0. The Morgan fingerprint density at radius 2 is 1.26 bits per heavy atom. The van der Waals surface area contributed by atoms with Gasteiger partial charge in [0.25, 0.3) is 30.4 Å². The van der Waals surface area contributed by atoms with Gasteiger partial charge in [-0.15, -0.1) is 10.2 Å². The fourth-order valence-corrected chi connectivity index (χ4v) is 6.43. The molecule has 3 radical (unpaired) electrons. The third kappa shape index (κ3) is 9.38. The van der Waals surface area contributed by atoms with E-state index in [1.54, 1.807) is 0 Å². The molecule has 0 aliphatic carbocycles. The van der Waals surface area contributed by atoms with E-state index in [1.807, 2.05) is 0 Å². The van der Waals surface area contributed by atoms with Crippen LogP contribution in [0.2, 0.25) is 10.6 Å². The van der Waals surface area contributed by atoms with Crippen LogP contribution in [0.15, 0.2) is 79.5 Å². The van der Waals surface area contributed by atoms with Gasteiger partial charge in [0.15, 0.2) is 5.75 Å². The molecule has 0 atom stereocenters. The molecule has 0 unspecified atom stereocenters. The number of anilines is 2. The van der Waals surface area contributed by atoms with Crippen LogP contribution >= 0.6 is 23.2 Å². The molecule has 5 rings (SSSR count). The van der Waals surface area contributed by atoms with Gasteiger partial charge in [-0.25, -0.2) is 0 Å². The van der Waals surface area contributed by atoms with Crippen LogP contribution < -0.4 is 5.32 Å². The summed E-state index contributed by atoms with van der Waals surface area (Å²) in [5.74, 6) is -1.30. The maximum Gasteiger partial charge on any atom is 0.296 e. The Morgan fingerprint density at radius 3 is 1.81 bits per heavy atom. The van der Waals surface area contributed by atoms with Crippen molar-refractivity contribution < 1.29 is 44.0 Å². The molecule has 1 aromatic heterocycles. The first kappa shape index (κ1) is 42.1. The average Bonchev–Trinajstić information content (AvgIpc) is 2.89. The van der Waals surface area contributed by atoms with Crippen LogP contribution in [0.5, 0.6) is 5.75 Å². The smallest absolute Gasteiger partial charge is 0.296 e. The van der Waals surface area contributed by atoms with Crippen LogP contribution in [0, 0.1) is 0 Å². The largest absolute Gasteiger partial charge is 0.505 e. The minimum atomic E-state index is -5.18. The van der Waals surface area contributed by atoms with Gasteiger partial charge in [-0.1, -0.05) is 24.3 Å². The molecule has 0 spiro atoms. The Bertz CT molecular complexity index is 2390. The molecular weight excluding hydrogens is 756 g/mol. The van der Waals surface area contributed by atoms with Crippen molar-refractivity contribution in [2.24, 2.45) is 10.2 Å². The van der Waals surface area contributed by atoms with Crippen molar-refractivity contribution >= 4 is 187 Å². The van der Waals surface area contributed by atoms with Gasteiger partial charge < -0.3 is 10.4 Å². The van der Waals surface area contributed by atoms with Crippen molar-refractivity contribution in [1.29, 1.82) is 0 Å². The Labute approximate surface area is 342 Å². The third-order valence-corrected chi connectivity index (χ3v) is 8.87. The number of hydrogen-bond donors (Lipinski definition) is 5. The first-order chi connectivity index (χ1) is 20.4. The average molecular weight is 770 g/mol. The van der Waals surface area contributed by atoms with Crippen molar-refractivity contribution in [3.05, 3.63) is 65.2 Å². The minimum Gasteiger partial charge on any atom is -0.505 e. The standard InChI is InChI=1S/C23H14Cl2N6O10S3.3Na/c24-21-27-22(25)29-23(28-21)26-15-9-11(42(33,34)35)7-10-8-17(44(39,40)41)19(20(32)18(10)15)31-30-14-5-6-16(43(36,37)38)13-4-2-1-3-12(13)14;;;/h1-9,32H,(H,33,34,35)(H,36,37,38)(H,39,40,41)(H,26,27,28,29);;;. The van der Waals surface area contributed by atoms with E-state index in [-0.39, 0.29) is 138 Å². The number of benzene rings is 4. The normalized spacial score (nSPS) is 11.9. The van der Waals surface area contributed by atoms with Gasteiger partial charge in [-0.3, -0.25) is 13.7 Å². The summed E-state index contributed by atoms with van der Waals surface area (Å²) in [6.45, 7) is 0. The molecule has 16 nitrogen and oxygen atoms in total. The van der Waals surface area contributed by atoms with Gasteiger partial charge in [-0.2, -0.15) is 40.2 Å². The van der Waals surface area contributed by atoms with Crippen molar-refractivity contribution in [1.82, 2.24) is 15.0 Å². The van der Waals surface area contributed by atoms with E-state index >= 15 is 0 Å². The molecule has 5 N–H and O–H groups in total. The summed E-state index contributed by atoms with van der Waals surface area (Å²) in [6.07, 6.45) is 0. The van der Waals surface area contributed by atoms with Crippen LogP contribution in [-0.2, 0) is 30.4 Å². The van der Waals surface area contributed by atoms with Crippen LogP contribution in [0.1, 0.15) is 0 Å². The van der Waals surface area contributed by atoms with Gasteiger partial charge in [-0.05, 0) is 58.9 Å². The van der Waals surface area contributed by atoms with E-state index in [9.17, 15) is 44.0 Å². The number of nitrogens with one attached hydrogen (secondary N) is 1. The second-order valence-electron chi connectivity index (χ2n) is 8.72. The van der Waals surface area contributed by atoms with E-state index in [2.05, 4.69) is 30.5 Å². The number of aromatic nitrogens is 3. The monoisotopic (exact) mass is 769 g/mol. The van der Waals surface area contributed by atoms with E-state index < -0.39 is 56.5 Å². The Kier molecular flexibility index (Phi) is 14.2. The Hall–Kier alpha value is -1.08.